The first-order valence-electron chi connectivity index (χ1n) is 6.94. The zero-order valence-electron chi connectivity index (χ0n) is 12.9. The number of carboxylic acids is 1. The van der Waals surface area contributed by atoms with Gasteiger partial charge >= 0.3 is 12.0 Å². The molecule has 0 fully saturated rings. The standard InChI is InChI=1S/C14H24N4O3/c1-9(14(2,3)4)6-16-13(21)18-11(12(19)20)5-10-7-15-8-17-10/h7-9,11H,5-6H2,1-4H3,(H,15,17)(H,19,20)(H2,16,18,21)/t9?,11-/m1/s1. The van der Waals surface area contributed by atoms with Crippen molar-refractivity contribution in [3.05, 3.63) is 18.2 Å². The third kappa shape index (κ3) is 5.85. The molecule has 1 heterocycles. The first kappa shape index (κ1) is 17.0. The number of hydrogen-bond acceptors (Lipinski definition) is 3. The number of urea groups is 1. The molecule has 7 heteroatoms. The fourth-order valence-corrected chi connectivity index (χ4v) is 1.58. The molecule has 0 bridgehead atoms. The number of carbonyl (C=O) groups excluding carboxylic acids is 1. The summed E-state index contributed by atoms with van der Waals surface area (Å²) in [5, 5.41) is 14.3. The number of carboxylic acid groups (broad SMARTS) is 1. The summed E-state index contributed by atoms with van der Waals surface area (Å²) in [4.78, 5) is 29.6. The Morgan fingerprint density at radius 2 is 2.10 bits per heavy atom. The van der Waals surface area contributed by atoms with Crippen LogP contribution in [0.15, 0.2) is 12.5 Å². The molecule has 0 aliphatic heterocycles. The quantitative estimate of drug-likeness (QED) is 0.636. The highest BCUT2D eigenvalue weighted by Crippen LogP contribution is 2.24. The van der Waals surface area contributed by atoms with Crippen LogP contribution in [0.1, 0.15) is 33.4 Å². The van der Waals surface area contributed by atoms with Crippen molar-refractivity contribution in [2.45, 2.75) is 40.2 Å². The van der Waals surface area contributed by atoms with Gasteiger partial charge in [-0.1, -0.05) is 27.7 Å². The molecule has 0 aromatic carbocycles. The Morgan fingerprint density at radius 1 is 1.43 bits per heavy atom. The van der Waals surface area contributed by atoms with Gasteiger partial charge in [-0.05, 0) is 11.3 Å². The van der Waals surface area contributed by atoms with Crippen LogP contribution in [0, 0.1) is 11.3 Å². The predicted octanol–water partition coefficient (Wildman–Crippen LogP) is 1.39. The maximum Gasteiger partial charge on any atom is 0.326 e. The van der Waals surface area contributed by atoms with Gasteiger partial charge in [-0.15, -0.1) is 0 Å². The first-order valence-corrected chi connectivity index (χ1v) is 6.94. The molecular formula is C14H24N4O3. The fraction of sp³-hybridized carbons (Fsp3) is 0.643. The molecule has 2 atom stereocenters. The van der Waals surface area contributed by atoms with E-state index in [0.717, 1.165) is 0 Å². The van der Waals surface area contributed by atoms with Crippen LogP contribution in [0.2, 0.25) is 0 Å². The normalized spacial score (nSPS) is 14.3. The minimum Gasteiger partial charge on any atom is -0.480 e. The van der Waals surface area contributed by atoms with Crippen molar-refractivity contribution < 1.29 is 14.7 Å². The summed E-state index contributed by atoms with van der Waals surface area (Å²) in [5.41, 5.74) is 0.737. The lowest BCUT2D eigenvalue weighted by atomic mass is 9.82. The van der Waals surface area contributed by atoms with Gasteiger partial charge in [0.1, 0.15) is 6.04 Å². The molecule has 0 aliphatic rings. The van der Waals surface area contributed by atoms with Crippen LogP contribution in [0.3, 0.4) is 0 Å². The minimum absolute atomic E-state index is 0.0788. The molecular weight excluding hydrogens is 272 g/mol. The van der Waals surface area contributed by atoms with Crippen molar-refractivity contribution in [1.82, 2.24) is 20.6 Å². The van der Waals surface area contributed by atoms with Crippen LogP contribution in [0.25, 0.3) is 0 Å². The number of hydrogen-bond donors (Lipinski definition) is 4. The zero-order valence-corrected chi connectivity index (χ0v) is 12.9. The van der Waals surface area contributed by atoms with Gasteiger partial charge in [0.05, 0.1) is 6.33 Å². The average Bonchev–Trinajstić information content (AvgIpc) is 2.86. The number of imidazole rings is 1. The van der Waals surface area contributed by atoms with Gasteiger partial charge in [-0.2, -0.15) is 0 Å². The van der Waals surface area contributed by atoms with Crippen LogP contribution in [-0.4, -0.2) is 39.7 Å². The molecule has 0 saturated heterocycles. The number of nitrogens with zero attached hydrogens (tertiary/aromatic N) is 1. The third-order valence-corrected chi connectivity index (χ3v) is 3.63. The summed E-state index contributed by atoms with van der Waals surface area (Å²) in [7, 11) is 0. The highest BCUT2D eigenvalue weighted by atomic mass is 16.4. The van der Waals surface area contributed by atoms with Gasteiger partial charge in [0.15, 0.2) is 0 Å². The summed E-state index contributed by atoms with van der Waals surface area (Å²) in [6.07, 6.45) is 3.17. The number of nitrogens with one attached hydrogen (secondary N) is 3. The number of H-pyrrole nitrogens is 1. The number of rotatable bonds is 6. The second-order valence-electron chi connectivity index (χ2n) is 6.29. The topological polar surface area (TPSA) is 107 Å². The van der Waals surface area contributed by atoms with Crippen molar-refractivity contribution in [2.24, 2.45) is 11.3 Å². The highest BCUT2D eigenvalue weighted by Gasteiger charge is 2.23. The van der Waals surface area contributed by atoms with Crippen molar-refractivity contribution in [3.8, 4) is 0 Å². The van der Waals surface area contributed by atoms with Gasteiger partial charge in [0.2, 0.25) is 0 Å². The molecule has 1 aromatic heterocycles. The van der Waals surface area contributed by atoms with Crippen LogP contribution < -0.4 is 10.6 Å². The van der Waals surface area contributed by atoms with Gasteiger partial charge < -0.3 is 20.7 Å². The van der Waals surface area contributed by atoms with Gasteiger partial charge in [0, 0.05) is 24.9 Å². The molecule has 1 unspecified atom stereocenters. The Bertz CT molecular complexity index is 465. The van der Waals surface area contributed by atoms with E-state index in [1.165, 1.54) is 12.5 Å². The fourth-order valence-electron chi connectivity index (χ4n) is 1.58. The number of aromatic amines is 1. The van der Waals surface area contributed by atoms with Crippen LogP contribution in [0.4, 0.5) is 4.79 Å². The monoisotopic (exact) mass is 296 g/mol. The van der Waals surface area contributed by atoms with E-state index in [2.05, 4.69) is 41.4 Å². The van der Waals surface area contributed by atoms with E-state index in [4.69, 9.17) is 5.11 Å². The van der Waals surface area contributed by atoms with Crippen molar-refractivity contribution in [1.29, 1.82) is 0 Å². The molecule has 0 spiro atoms. The van der Waals surface area contributed by atoms with E-state index < -0.39 is 18.0 Å². The molecule has 0 radical (unpaired) electrons. The van der Waals surface area contributed by atoms with Crippen molar-refractivity contribution in [3.63, 3.8) is 0 Å². The lowest BCUT2D eigenvalue weighted by Gasteiger charge is -2.27. The van der Waals surface area contributed by atoms with E-state index in [1.807, 2.05) is 6.92 Å². The van der Waals surface area contributed by atoms with E-state index in [1.54, 1.807) is 0 Å². The van der Waals surface area contributed by atoms with Crippen LogP contribution in [-0.2, 0) is 11.2 Å². The Morgan fingerprint density at radius 3 is 2.57 bits per heavy atom. The van der Waals surface area contributed by atoms with Crippen LogP contribution in [0.5, 0.6) is 0 Å². The van der Waals surface area contributed by atoms with Gasteiger partial charge in [-0.3, -0.25) is 0 Å². The number of aliphatic carboxylic acids is 1. The van der Waals surface area contributed by atoms with Crippen LogP contribution >= 0.6 is 0 Å². The SMILES string of the molecule is CC(CNC(=O)N[C@H](Cc1cnc[nH]1)C(=O)O)C(C)(C)C. The molecule has 1 rings (SSSR count). The molecule has 2 amide bonds. The lowest BCUT2D eigenvalue weighted by Crippen LogP contribution is -2.48. The summed E-state index contributed by atoms with van der Waals surface area (Å²) in [6.45, 7) is 8.81. The molecule has 1 aromatic rings. The maximum absolute atomic E-state index is 11.8. The summed E-state index contributed by atoms with van der Waals surface area (Å²) < 4.78 is 0. The third-order valence-electron chi connectivity index (χ3n) is 3.63. The second-order valence-corrected chi connectivity index (χ2v) is 6.29. The molecule has 0 aliphatic carbocycles. The lowest BCUT2D eigenvalue weighted by molar-refractivity contribution is -0.139. The molecule has 7 nitrogen and oxygen atoms in total. The maximum atomic E-state index is 11.8. The van der Waals surface area contributed by atoms with Crippen molar-refractivity contribution in [2.75, 3.05) is 6.54 Å². The van der Waals surface area contributed by atoms with Crippen molar-refractivity contribution >= 4 is 12.0 Å². The molecule has 0 saturated carbocycles. The van der Waals surface area contributed by atoms with E-state index >= 15 is 0 Å². The Labute approximate surface area is 124 Å². The predicted molar refractivity (Wildman–Crippen MR) is 78.9 cm³/mol. The summed E-state index contributed by atoms with van der Waals surface area (Å²) >= 11 is 0. The van der Waals surface area contributed by atoms with Gasteiger partial charge in [0.25, 0.3) is 0 Å². The zero-order chi connectivity index (χ0) is 16.0. The average molecular weight is 296 g/mol. The molecule has 21 heavy (non-hydrogen) atoms. The van der Waals surface area contributed by atoms with E-state index in [0.29, 0.717) is 12.2 Å². The first-order chi connectivity index (χ1) is 9.70. The minimum atomic E-state index is -1.08. The molecule has 4 N–H and O–H groups in total. The number of carbonyl (C=O) groups is 2. The van der Waals surface area contributed by atoms with E-state index in [-0.39, 0.29) is 17.8 Å². The Hall–Kier alpha value is -2.05. The smallest absolute Gasteiger partial charge is 0.326 e. The second kappa shape index (κ2) is 7.10. The number of amides is 2. The van der Waals surface area contributed by atoms with Gasteiger partial charge in [-0.25, -0.2) is 14.6 Å². The summed E-state index contributed by atoms with van der Waals surface area (Å²) in [5.74, 6) is -0.803. The summed E-state index contributed by atoms with van der Waals surface area (Å²) in [6, 6.07) is -1.46. The Kier molecular flexibility index (Phi) is 5.75. The Balaban J connectivity index is 2.48. The largest absolute Gasteiger partial charge is 0.480 e. The highest BCUT2D eigenvalue weighted by molar-refractivity contribution is 5.82. The number of aromatic nitrogens is 2. The van der Waals surface area contributed by atoms with E-state index in [9.17, 15) is 9.59 Å². The molecule has 118 valence electrons.